The van der Waals surface area contributed by atoms with E-state index in [1.807, 2.05) is 0 Å². The van der Waals surface area contributed by atoms with Crippen LogP contribution in [0.4, 0.5) is 30.7 Å². The topological polar surface area (TPSA) is 22.1 Å². The van der Waals surface area contributed by atoms with Crippen molar-refractivity contribution in [3.05, 3.63) is 83.7 Å². The molecule has 9 heteroatoms. The Kier molecular flexibility index (Phi) is 6.00. The lowest BCUT2D eigenvalue weighted by molar-refractivity contribution is -0.139. The number of halogens is 7. The molecule has 3 aromatic rings. The first-order valence-corrected chi connectivity index (χ1v) is 8.66. The minimum Gasteiger partial charge on any atom is -0.493 e. The first kappa shape index (κ1) is 21.6. The van der Waals surface area contributed by atoms with Crippen molar-refractivity contribution in [2.75, 3.05) is 6.61 Å². The Bertz CT molecular complexity index is 999. The van der Waals surface area contributed by atoms with Gasteiger partial charge in [-0.05, 0) is 35.9 Å². The smallest absolute Gasteiger partial charge is 0.392 e. The summed E-state index contributed by atoms with van der Waals surface area (Å²) in [6.07, 6.45) is -4.24. The third kappa shape index (κ3) is 5.08. The summed E-state index contributed by atoms with van der Waals surface area (Å²) in [4.78, 5) is 3.70. The Morgan fingerprint density at radius 1 is 0.800 bits per heavy atom. The molecular weight excluding hydrogens is 415 g/mol. The Hall–Kier alpha value is -3.10. The summed E-state index contributed by atoms with van der Waals surface area (Å²) < 4.78 is 97.2. The zero-order valence-electron chi connectivity index (χ0n) is 15.2. The second-order valence-electron chi connectivity index (χ2n) is 6.37. The number of hydrogen-bond acceptors (Lipinski definition) is 2. The van der Waals surface area contributed by atoms with E-state index in [1.54, 1.807) is 0 Å². The van der Waals surface area contributed by atoms with Crippen molar-refractivity contribution in [2.24, 2.45) is 0 Å². The highest BCUT2D eigenvalue weighted by Gasteiger charge is 2.38. The van der Waals surface area contributed by atoms with Crippen molar-refractivity contribution >= 4 is 0 Å². The van der Waals surface area contributed by atoms with E-state index in [-0.39, 0.29) is 5.75 Å². The molecule has 0 aliphatic heterocycles. The van der Waals surface area contributed by atoms with Crippen molar-refractivity contribution in [2.45, 2.75) is 18.5 Å². The van der Waals surface area contributed by atoms with E-state index in [0.29, 0.717) is 23.3 Å². The molecule has 1 heterocycles. The molecule has 3 rings (SSSR count). The van der Waals surface area contributed by atoms with Crippen molar-refractivity contribution in [3.63, 3.8) is 0 Å². The van der Waals surface area contributed by atoms with E-state index in [2.05, 4.69) is 4.98 Å². The Balaban J connectivity index is 1.73. The van der Waals surface area contributed by atoms with Gasteiger partial charge < -0.3 is 4.74 Å². The predicted octanol–water partition coefficient (Wildman–Crippen LogP) is 6.50. The molecule has 0 fully saturated rings. The molecule has 0 aliphatic carbocycles. The van der Waals surface area contributed by atoms with Crippen LogP contribution in [0, 0.1) is 11.6 Å². The van der Waals surface area contributed by atoms with Crippen LogP contribution in [0.2, 0.25) is 0 Å². The molecule has 0 saturated carbocycles. The van der Waals surface area contributed by atoms with Crippen molar-refractivity contribution < 1.29 is 35.5 Å². The Morgan fingerprint density at radius 3 is 2.03 bits per heavy atom. The maximum absolute atomic E-state index is 14.5. The van der Waals surface area contributed by atoms with E-state index >= 15 is 0 Å². The SMILES string of the molecule is Fc1ccc(C(F)(F)c2ccc(-c3ccc(OCCC(F)(F)F)cc3)cn2)c(F)c1. The molecule has 0 spiro atoms. The number of nitrogens with zero attached hydrogens (tertiary/aromatic N) is 1. The molecule has 1 aromatic heterocycles. The minimum atomic E-state index is -4.31. The van der Waals surface area contributed by atoms with Gasteiger partial charge in [-0.15, -0.1) is 0 Å². The maximum atomic E-state index is 14.5. The molecule has 0 bridgehead atoms. The number of aromatic nitrogens is 1. The van der Waals surface area contributed by atoms with Crippen LogP contribution in [0.1, 0.15) is 17.7 Å². The number of alkyl halides is 5. The van der Waals surface area contributed by atoms with Crippen molar-refractivity contribution in [1.29, 1.82) is 0 Å². The molecule has 0 saturated heterocycles. The monoisotopic (exact) mass is 429 g/mol. The highest BCUT2D eigenvalue weighted by molar-refractivity contribution is 5.63. The van der Waals surface area contributed by atoms with Gasteiger partial charge in [0.15, 0.2) is 0 Å². The van der Waals surface area contributed by atoms with Gasteiger partial charge in [-0.3, -0.25) is 4.98 Å². The molecule has 0 N–H and O–H groups in total. The fraction of sp³-hybridized carbons (Fsp3) is 0.190. The molecule has 2 aromatic carbocycles. The lowest BCUT2D eigenvalue weighted by Gasteiger charge is -2.17. The third-order valence-electron chi connectivity index (χ3n) is 4.20. The molecular formula is C21H14F7NO. The number of pyridine rings is 1. The molecule has 2 nitrogen and oxygen atoms in total. The summed E-state index contributed by atoms with van der Waals surface area (Å²) in [6.45, 7) is -0.520. The van der Waals surface area contributed by atoms with Crippen molar-refractivity contribution in [3.8, 4) is 16.9 Å². The predicted molar refractivity (Wildman–Crippen MR) is 95.2 cm³/mol. The van der Waals surface area contributed by atoms with E-state index < -0.39 is 48.0 Å². The zero-order valence-corrected chi connectivity index (χ0v) is 15.2. The van der Waals surface area contributed by atoms with Crippen molar-refractivity contribution in [1.82, 2.24) is 4.98 Å². The standard InChI is InChI=1S/C21H14F7NO/c22-15-4-7-17(18(23)11-15)21(27,28)19-8-3-14(12-29-19)13-1-5-16(6-2-13)30-10-9-20(24,25)26/h1-8,11-12H,9-10H2. The summed E-state index contributed by atoms with van der Waals surface area (Å²) in [5.41, 5.74) is -0.696. The molecule has 0 amide bonds. The Labute approximate surface area is 166 Å². The quantitative estimate of drug-likeness (QED) is 0.418. The van der Waals surface area contributed by atoms with Crippen LogP contribution in [-0.2, 0) is 5.92 Å². The van der Waals surface area contributed by atoms with Crippen LogP contribution in [0.5, 0.6) is 5.75 Å². The average molecular weight is 429 g/mol. The van der Waals surface area contributed by atoms with Crippen LogP contribution < -0.4 is 4.74 Å². The minimum absolute atomic E-state index is 0.228. The van der Waals surface area contributed by atoms with E-state index in [4.69, 9.17) is 4.74 Å². The van der Waals surface area contributed by atoms with E-state index in [1.165, 1.54) is 30.3 Å². The number of ether oxygens (including phenoxy) is 1. The third-order valence-corrected chi connectivity index (χ3v) is 4.20. The summed E-state index contributed by atoms with van der Waals surface area (Å²) >= 11 is 0. The molecule has 30 heavy (non-hydrogen) atoms. The average Bonchev–Trinajstić information content (AvgIpc) is 2.67. The summed E-state index contributed by atoms with van der Waals surface area (Å²) in [7, 11) is 0. The van der Waals surface area contributed by atoms with Gasteiger partial charge in [0.05, 0.1) is 18.6 Å². The molecule has 0 radical (unpaired) electrons. The van der Waals surface area contributed by atoms with Gasteiger partial charge in [-0.25, -0.2) is 8.78 Å². The fourth-order valence-corrected chi connectivity index (χ4v) is 2.66. The van der Waals surface area contributed by atoms with Crippen LogP contribution in [0.25, 0.3) is 11.1 Å². The van der Waals surface area contributed by atoms with Gasteiger partial charge in [-0.2, -0.15) is 22.0 Å². The van der Waals surface area contributed by atoms with Gasteiger partial charge >= 0.3 is 12.1 Å². The second-order valence-corrected chi connectivity index (χ2v) is 6.37. The lowest BCUT2D eigenvalue weighted by atomic mass is 10.0. The molecule has 0 atom stereocenters. The second kappa shape index (κ2) is 8.33. The fourth-order valence-electron chi connectivity index (χ4n) is 2.66. The first-order chi connectivity index (χ1) is 14.1. The molecule has 158 valence electrons. The van der Waals surface area contributed by atoms with E-state index in [9.17, 15) is 30.7 Å². The van der Waals surface area contributed by atoms with Gasteiger partial charge in [0.25, 0.3) is 0 Å². The lowest BCUT2D eigenvalue weighted by Crippen LogP contribution is -2.19. The van der Waals surface area contributed by atoms with Gasteiger partial charge in [0, 0.05) is 17.8 Å². The normalized spacial score (nSPS) is 12.1. The highest BCUT2D eigenvalue weighted by atomic mass is 19.4. The van der Waals surface area contributed by atoms with E-state index in [0.717, 1.165) is 18.3 Å². The number of hydrogen-bond donors (Lipinski definition) is 0. The van der Waals surface area contributed by atoms with Gasteiger partial charge in [-0.1, -0.05) is 18.2 Å². The highest BCUT2D eigenvalue weighted by Crippen LogP contribution is 2.36. The number of benzene rings is 2. The summed E-state index contributed by atoms with van der Waals surface area (Å²) in [5, 5.41) is 0. The van der Waals surface area contributed by atoms with Gasteiger partial charge in [0.2, 0.25) is 0 Å². The van der Waals surface area contributed by atoms with Crippen LogP contribution in [0.15, 0.2) is 60.8 Å². The summed E-state index contributed by atoms with van der Waals surface area (Å²) in [6, 6.07) is 10.1. The van der Waals surface area contributed by atoms with Crippen LogP contribution in [0.3, 0.4) is 0 Å². The van der Waals surface area contributed by atoms with Crippen LogP contribution >= 0.6 is 0 Å². The maximum Gasteiger partial charge on any atom is 0.392 e. The molecule has 0 aliphatic rings. The molecule has 0 unspecified atom stereocenters. The zero-order chi connectivity index (χ0) is 21.9. The Morgan fingerprint density at radius 2 is 1.47 bits per heavy atom. The van der Waals surface area contributed by atoms with Crippen LogP contribution in [-0.4, -0.2) is 17.8 Å². The summed E-state index contributed by atoms with van der Waals surface area (Å²) in [5.74, 6) is -5.90. The largest absolute Gasteiger partial charge is 0.493 e. The number of rotatable bonds is 6. The van der Waals surface area contributed by atoms with Gasteiger partial charge in [0.1, 0.15) is 23.1 Å². The first-order valence-electron chi connectivity index (χ1n) is 8.66.